The van der Waals surface area contributed by atoms with Gasteiger partial charge in [-0.1, -0.05) is 27.5 Å². The molecule has 2 rings (SSSR count). The van der Waals surface area contributed by atoms with E-state index in [-0.39, 0.29) is 16.0 Å². The van der Waals surface area contributed by atoms with Gasteiger partial charge in [0.25, 0.3) is 0 Å². The molecule has 0 aromatic heterocycles. The van der Waals surface area contributed by atoms with Crippen LogP contribution in [0.3, 0.4) is 0 Å². The highest BCUT2D eigenvalue weighted by molar-refractivity contribution is 9.10. The fourth-order valence-corrected chi connectivity index (χ4v) is 4.41. The molecule has 0 spiro atoms. The monoisotopic (exact) mass is 352 g/mol. The number of hydrogen-bond donors (Lipinski definition) is 1. The summed E-state index contributed by atoms with van der Waals surface area (Å²) in [6.45, 7) is 0.901. The van der Waals surface area contributed by atoms with Crippen molar-refractivity contribution in [2.24, 2.45) is 5.73 Å². The third-order valence-corrected chi connectivity index (χ3v) is 5.88. The number of benzene rings is 1. The Labute approximate surface area is 120 Å². The van der Waals surface area contributed by atoms with E-state index in [1.165, 1.54) is 10.4 Å². The van der Waals surface area contributed by atoms with E-state index in [0.29, 0.717) is 30.4 Å². The van der Waals surface area contributed by atoms with Gasteiger partial charge < -0.3 is 5.73 Å². The van der Waals surface area contributed by atoms with E-state index in [1.54, 1.807) is 12.1 Å². The maximum Gasteiger partial charge on any atom is 0.244 e. The second-order valence-corrected chi connectivity index (χ2v) is 7.55. The number of piperidine rings is 1. The van der Waals surface area contributed by atoms with Gasteiger partial charge in [-0.15, -0.1) is 0 Å². The summed E-state index contributed by atoms with van der Waals surface area (Å²) in [6.07, 6.45) is 1.37. The molecule has 1 saturated heterocycles. The van der Waals surface area contributed by atoms with Crippen molar-refractivity contribution in [3.05, 3.63) is 27.7 Å². The van der Waals surface area contributed by atoms with Crippen LogP contribution in [0.15, 0.2) is 27.6 Å². The Morgan fingerprint density at radius 1 is 1.33 bits per heavy atom. The van der Waals surface area contributed by atoms with Gasteiger partial charge >= 0.3 is 0 Å². The molecule has 0 radical (unpaired) electrons. The van der Waals surface area contributed by atoms with E-state index in [1.807, 2.05) is 0 Å². The van der Waals surface area contributed by atoms with Crippen molar-refractivity contribution in [2.75, 3.05) is 13.1 Å². The van der Waals surface area contributed by atoms with Crippen molar-refractivity contribution in [1.82, 2.24) is 4.31 Å². The van der Waals surface area contributed by atoms with Gasteiger partial charge in [0, 0.05) is 23.6 Å². The van der Waals surface area contributed by atoms with Crippen LogP contribution in [0.5, 0.6) is 0 Å². The lowest BCUT2D eigenvalue weighted by Crippen LogP contribution is -2.42. The molecule has 4 nitrogen and oxygen atoms in total. The molecule has 1 aromatic carbocycles. The molecule has 0 amide bonds. The van der Waals surface area contributed by atoms with Crippen molar-refractivity contribution in [1.29, 1.82) is 0 Å². The van der Waals surface area contributed by atoms with Crippen LogP contribution >= 0.6 is 27.5 Å². The van der Waals surface area contributed by atoms with Crippen molar-refractivity contribution in [2.45, 2.75) is 23.8 Å². The standard InChI is InChI=1S/C11H14BrClN2O2S/c12-8-1-2-10(13)11(7-8)18(16,17)15-5-3-9(14)4-6-15/h1-2,7,9H,3-6,14H2. The smallest absolute Gasteiger partial charge is 0.244 e. The number of hydrogen-bond acceptors (Lipinski definition) is 3. The van der Waals surface area contributed by atoms with E-state index in [0.717, 1.165) is 0 Å². The topological polar surface area (TPSA) is 63.4 Å². The van der Waals surface area contributed by atoms with Crippen molar-refractivity contribution < 1.29 is 8.42 Å². The minimum absolute atomic E-state index is 0.0921. The Morgan fingerprint density at radius 2 is 1.94 bits per heavy atom. The Kier molecular flexibility index (Phi) is 4.33. The van der Waals surface area contributed by atoms with Crippen molar-refractivity contribution >= 4 is 37.6 Å². The van der Waals surface area contributed by atoms with Crippen LogP contribution in [-0.4, -0.2) is 31.9 Å². The molecule has 1 heterocycles. The Morgan fingerprint density at radius 3 is 2.56 bits per heavy atom. The largest absolute Gasteiger partial charge is 0.328 e. The van der Waals surface area contributed by atoms with Crippen LogP contribution in [0.25, 0.3) is 0 Å². The zero-order valence-electron chi connectivity index (χ0n) is 9.64. The van der Waals surface area contributed by atoms with E-state index >= 15 is 0 Å². The summed E-state index contributed by atoms with van der Waals surface area (Å²) in [5, 5.41) is 0.244. The molecule has 0 aliphatic carbocycles. The Balaban J connectivity index is 2.33. The summed E-state index contributed by atoms with van der Waals surface area (Å²) in [5.41, 5.74) is 5.78. The number of halogens is 2. The lowest BCUT2D eigenvalue weighted by atomic mass is 10.1. The van der Waals surface area contributed by atoms with E-state index in [2.05, 4.69) is 15.9 Å². The first-order valence-corrected chi connectivity index (χ1v) is 8.23. The summed E-state index contributed by atoms with van der Waals surface area (Å²) in [6, 6.07) is 4.92. The van der Waals surface area contributed by atoms with Crippen LogP contribution < -0.4 is 5.73 Å². The highest BCUT2D eigenvalue weighted by Crippen LogP contribution is 2.29. The Bertz CT molecular complexity index is 542. The second-order valence-electron chi connectivity index (χ2n) is 4.32. The van der Waals surface area contributed by atoms with Crippen LogP contribution in [0.4, 0.5) is 0 Å². The molecule has 2 N–H and O–H groups in total. The first-order valence-electron chi connectivity index (χ1n) is 5.62. The first kappa shape index (κ1) is 14.3. The predicted octanol–water partition coefficient (Wildman–Crippen LogP) is 2.21. The van der Waals surface area contributed by atoms with Crippen LogP contribution in [0.1, 0.15) is 12.8 Å². The molecule has 18 heavy (non-hydrogen) atoms. The molecule has 1 aliphatic heterocycles. The van der Waals surface area contributed by atoms with Gasteiger partial charge in [0.1, 0.15) is 4.90 Å². The third kappa shape index (κ3) is 2.88. The van der Waals surface area contributed by atoms with Gasteiger partial charge in [-0.3, -0.25) is 0 Å². The summed E-state index contributed by atoms with van der Waals surface area (Å²) < 4.78 is 27.0. The van der Waals surface area contributed by atoms with Crippen molar-refractivity contribution in [3.8, 4) is 0 Å². The molecule has 0 unspecified atom stereocenters. The number of rotatable bonds is 2. The molecular weight excluding hydrogens is 340 g/mol. The fourth-order valence-electron chi connectivity index (χ4n) is 1.93. The predicted molar refractivity (Wildman–Crippen MR) is 75.1 cm³/mol. The number of sulfonamides is 1. The van der Waals surface area contributed by atoms with Gasteiger partial charge in [0.05, 0.1) is 5.02 Å². The molecule has 1 fully saturated rings. The van der Waals surface area contributed by atoms with Gasteiger partial charge in [0.2, 0.25) is 10.0 Å². The summed E-state index contributed by atoms with van der Waals surface area (Å²) in [7, 11) is -3.52. The maximum absolute atomic E-state index is 12.4. The zero-order valence-corrected chi connectivity index (χ0v) is 12.8. The van der Waals surface area contributed by atoms with Gasteiger partial charge in [0.15, 0.2) is 0 Å². The Hall–Kier alpha value is -0.140. The molecule has 0 saturated carbocycles. The average molecular weight is 354 g/mol. The van der Waals surface area contributed by atoms with E-state index in [9.17, 15) is 8.42 Å². The van der Waals surface area contributed by atoms with E-state index < -0.39 is 10.0 Å². The summed E-state index contributed by atoms with van der Waals surface area (Å²) in [4.78, 5) is 0.147. The normalized spacial score (nSPS) is 19.1. The minimum Gasteiger partial charge on any atom is -0.328 e. The maximum atomic E-state index is 12.4. The third-order valence-electron chi connectivity index (χ3n) is 3.01. The van der Waals surface area contributed by atoms with Gasteiger partial charge in [-0.2, -0.15) is 4.31 Å². The van der Waals surface area contributed by atoms with Crippen molar-refractivity contribution in [3.63, 3.8) is 0 Å². The SMILES string of the molecule is NC1CCN(S(=O)(=O)c2cc(Br)ccc2Cl)CC1. The molecule has 1 aliphatic rings. The minimum atomic E-state index is -3.52. The average Bonchev–Trinajstić information content (AvgIpc) is 2.32. The lowest BCUT2D eigenvalue weighted by Gasteiger charge is -2.29. The van der Waals surface area contributed by atoms with E-state index in [4.69, 9.17) is 17.3 Å². The van der Waals surface area contributed by atoms with Crippen LogP contribution in [0, 0.1) is 0 Å². The highest BCUT2D eigenvalue weighted by Gasteiger charge is 2.29. The zero-order chi connectivity index (χ0) is 13.3. The fraction of sp³-hybridized carbons (Fsp3) is 0.455. The lowest BCUT2D eigenvalue weighted by molar-refractivity contribution is 0.320. The molecule has 1 aromatic rings. The molecule has 7 heteroatoms. The van der Waals surface area contributed by atoms with Gasteiger partial charge in [-0.25, -0.2) is 8.42 Å². The van der Waals surface area contributed by atoms with Gasteiger partial charge in [-0.05, 0) is 31.0 Å². The van der Waals surface area contributed by atoms with Crippen LogP contribution in [-0.2, 0) is 10.0 Å². The van der Waals surface area contributed by atoms with Crippen LogP contribution in [0.2, 0.25) is 5.02 Å². The second kappa shape index (κ2) is 5.46. The molecular formula is C11H14BrClN2O2S. The molecule has 100 valence electrons. The number of nitrogens with zero attached hydrogens (tertiary/aromatic N) is 1. The molecule has 0 bridgehead atoms. The number of nitrogens with two attached hydrogens (primary N) is 1. The quantitative estimate of drug-likeness (QED) is 0.886. The molecule has 0 atom stereocenters. The summed E-state index contributed by atoms with van der Waals surface area (Å²) >= 11 is 9.24. The highest BCUT2D eigenvalue weighted by atomic mass is 79.9. The first-order chi connectivity index (χ1) is 8.41. The summed E-state index contributed by atoms with van der Waals surface area (Å²) in [5.74, 6) is 0.